The predicted molar refractivity (Wildman–Crippen MR) is 110 cm³/mol. The molecule has 1 atom stereocenters. The first-order valence-corrected chi connectivity index (χ1v) is 10.6. The second-order valence-electron chi connectivity index (χ2n) is 8.39. The maximum absolute atomic E-state index is 13.0. The van der Waals surface area contributed by atoms with Crippen molar-refractivity contribution in [1.29, 1.82) is 0 Å². The molecule has 1 aliphatic carbocycles. The van der Waals surface area contributed by atoms with Gasteiger partial charge in [0.15, 0.2) is 5.82 Å². The van der Waals surface area contributed by atoms with Gasteiger partial charge in [0.05, 0.1) is 5.56 Å². The van der Waals surface area contributed by atoms with E-state index in [2.05, 4.69) is 27.5 Å². The second-order valence-corrected chi connectivity index (χ2v) is 8.39. The highest BCUT2D eigenvalue weighted by atomic mass is 19.4. The molecular formula is C22H27F3N4O. The number of halogens is 3. The summed E-state index contributed by atoms with van der Waals surface area (Å²) in [6.45, 7) is 2.03. The van der Waals surface area contributed by atoms with Crippen LogP contribution in [0, 0.1) is 0 Å². The molecule has 2 aromatic rings. The van der Waals surface area contributed by atoms with Gasteiger partial charge < -0.3 is 15.3 Å². The lowest BCUT2D eigenvalue weighted by atomic mass is 9.96. The molecule has 0 amide bonds. The van der Waals surface area contributed by atoms with Crippen molar-refractivity contribution >= 4 is 5.82 Å². The summed E-state index contributed by atoms with van der Waals surface area (Å²) in [5.41, 5.74) is 2.00. The van der Waals surface area contributed by atoms with Gasteiger partial charge in [0.25, 0.3) is 0 Å². The first-order chi connectivity index (χ1) is 14.3. The summed E-state index contributed by atoms with van der Waals surface area (Å²) in [7, 11) is 2.11. The zero-order valence-corrected chi connectivity index (χ0v) is 17.1. The highest BCUT2D eigenvalue weighted by molar-refractivity contribution is 5.73. The third-order valence-electron chi connectivity index (χ3n) is 6.09. The van der Waals surface area contributed by atoms with Gasteiger partial charge in [-0.1, -0.05) is 6.42 Å². The number of phenolic OH excluding ortho intramolecular Hbond substituents is 1. The quantitative estimate of drug-likeness (QED) is 0.709. The van der Waals surface area contributed by atoms with Crippen LogP contribution in [0.15, 0.2) is 18.2 Å². The zero-order valence-electron chi connectivity index (χ0n) is 17.1. The molecule has 5 nitrogen and oxygen atoms in total. The number of rotatable bonds is 3. The van der Waals surface area contributed by atoms with Crippen molar-refractivity contribution in [3.8, 4) is 17.0 Å². The lowest BCUT2D eigenvalue weighted by Crippen LogP contribution is -2.40. The Labute approximate surface area is 174 Å². The van der Waals surface area contributed by atoms with Gasteiger partial charge in [-0.05, 0) is 75.9 Å². The first-order valence-electron chi connectivity index (χ1n) is 10.6. The van der Waals surface area contributed by atoms with Gasteiger partial charge in [-0.2, -0.15) is 13.2 Å². The monoisotopic (exact) mass is 420 g/mol. The van der Waals surface area contributed by atoms with E-state index in [4.69, 9.17) is 0 Å². The van der Waals surface area contributed by atoms with E-state index in [1.807, 2.05) is 0 Å². The van der Waals surface area contributed by atoms with E-state index in [1.165, 1.54) is 6.07 Å². The molecule has 2 N–H and O–H groups in total. The van der Waals surface area contributed by atoms with E-state index in [1.54, 1.807) is 0 Å². The van der Waals surface area contributed by atoms with Crippen LogP contribution in [0.25, 0.3) is 11.3 Å². The zero-order chi connectivity index (χ0) is 21.3. The fourth-order valence-electron chi connectivity index (χ4n) is 4.54. The molecule has 0 radical (unpaired) electrons. The molecule has 2 heterocycles. The molecule has 1 aromatic heterocycles. The molecular weight excluding hydrogens is 393 g/mol. The summed E-state index contributed by atoms with van der Waals surface area (Å²) < 4.78 is 38.9. The van der Waals surface area contributed by atoms with Crippen molar-refractivity contribution in [3.63, 3.8) is 0 Å². The number of hydrogen-bond acceptors (Lipinski definition) is 5. The molecule has 0 bridgehead atoms. The third kappa shape index (κ3) is 4.38. The first kappa shape index (κ1) is 20.9. The molecule has 1 fully saturated rings. The molecule has 30 heavy (non-hydrogen) atoms. The lowest BCUT2D eigenvalue weighted by molar-refractivity contribution is -0.137. The highest BCUT2D eigenvalue weighted by Gasteiger charge is 2.32. The lowest BCUT2D eigenvalue weighted by Gasteiger charge is -2.31. The van der Waals surface area contributed by atoms with Crippen LogP contribution in [0.1, 0.15) is 48.8 Å². The second kappa shape index (κ2) is 8.41. The van der Waals surface area contributed by atoms with Crippen LogP contribution in [-0.4, -0.2) is 46.4 Å². The van der Waals surface area contributed by atoms with Gasteiger partial charge in [-0.3, -0.25) is 0 Å². The summed E-state index contributed by atoms with van der Waals surface area (Å²) in [5, 5.41) is 22.7. The van der Waals surface area contributed by atoms with Crippen LogP contribution in [0.5, 0.6) is 5.75 Å². The van der Waals surface area contributed by atoms with Crippen molar-refractivity contribution in [2.45, 2.75) is 57.2 Å². The number of likely N-dealkylation sites (tertiary alicyclic amines) is 1. The van der Waals surface area contributed by atoms with Crippen molar-refractivity contribution in [3.05, 3.63) is 34.9 Å². The fourth-order valence-corrected chi connectivity index (χ4v) is 4.54. The van der Waals surface area contributed by atoms with Crippen LogP contribution in [0.4, 0.5) is 19.0 Å². The Morgan fingerprint density at radius 1 is 1.07 bits per heavy atom. The molecule has 0 spiro atoms. The number of likely N-dealkylation sites (N-methyl/N-ethyl adjacent to an activating group) is 1. The van der Waals surface area contributed by atoms with Crippen molar-refractivity contribution in [2.75, 3.05) is 25.5 Å². The summed E-state index contributed by atoms with van der Waals surface area (Å²) in [4.78, 5) is 2.29. The van der Waals surface area contributed by atoms with Gasteiger partial charge in [0.1, 0.15) is 11.4 Å². The summed E-state index contributed by atoms with van der Waals surface area (Å²) in [5.74, 6) is 0.363. The number of aromatic hydroxyl groups is 1. The molecule has 162 valence electrons. The Balaban J connectivity index is 1.71. The standard InChI is InChI=1S/C22H27F3N4O/c1-29-11-5-6-15(13-29)26-21-17-8-4-2-3-7-16(17)20(27-28-21)18-10-9-14(12-19(18)30)22(23,24)25/h9-10,12,15,30H,2-8,11,13H2,1H3,(H,26,28)/t15-/m1/s1. The smallest absolute Gasteiger partial charge is 0.416 e. The van der Waals surface area contributed by atoms with Crippen LogP contribution in [0.2, 0.25) is 0 Å². The summed E-state index contributed by atoms with van der Waals surface area (Å²) >= 11 is 0. The molecule has 1 aliphatic heterocycles. The van der Waals surface area contributed by atoms with Crippen molar-refractivity contribution < 1.29 is 18.3 Å². The van der Waals surface area contributed by atoms with Crippen molar-refractivity contribution in [2.24, 2.45) is 0 Å². The number of aromatic nitrogens is 2. The Hall–Kier alpha value is -2.35. The number of nitrogens with zero attached hydrogens (tertiary/aromatic N) is 3. The maximum atomic E-state index is 13.0. The number of benzene rings is 1. The SMILES string of the molecule is CN1CCC[C@@H](Nc2nnc(-c3ccc(C(F)(F)F)cc3O)c3c2CCCCC3)C1. The van der Waals surface area contributed by atoms with Gasteiger partial charge in [0.2, 0.25) is 0 Å². The van der Waals surface area contributed by atoms with E-state index in [0.29, 0.717) is 17.3 Å². The van der Waals surface area contributed by atoms with Crippen LogP contribution < -0.4 is 5.32 Å². The van der Waals surface area contributed by atoms with E-state index >= 15 is 0 Å². The number of fused-ring (bicyclic) bond motifs is 1. The number of alkyl halides is 3. The minimum atomic E-state index is -4.50. The minimum Gasteiger partial charge on any atom is -0.507 e. The molecule has 0 unspecified atom stereocenters. The maximum Gasteiger partial charge on any atom is 0.416 e. The van der Waals surface area contributed by atoms with E-state index in [0.717, 1.165) is 87.1 Å². The Kier molecular flexibility index (Phi) is 5.86. The van der Waals surface area contributed by atoms with Crippen LogP contribution >= 0.6 is 0 Å². The minimum absolute atomic E-state index is 0.302. The number of nitrogens with one attached hydrogen (secondary N) is 1. The van der Waals surface area contributed by atoms with Crippen molar-refractivity contribution in [1.82, 2.24) is 15.1 Å². The van der Waals surface area contributed by atoms with E-state index < -0.39 is 17.5 Å². The number of piperidine rings is 1. The molecule has 1 saturated heterocycles. The molecule has 8 heteroatoms. The van der Waals surface area contributed by atoms with E-state index in [9.17, 15) is 18.3 Å². The van der Waals surface area contributed by atoms with Gasteiger partial charge in [0, 0.05) is 23.7 Å². The average Bonchev–Trinajstić information content (AvgIpc) is 2.94. The summed E-state index contributed by atoms with van der Waals surface area (Å²) in [6, 6.07) is 3.36. The number of hydrogen-bond donors (Lipinski definition) is 2. The number of anilines is 1. The van der Waals surface area contributed by atoms with E-state index in [-0.39, 0.29) is 0 Å². The number of phenols is 1. The topological polar surface area (TPSA) is 61.3 Å². The highest BCUT2D eigenvalue weighted by Crippen LogP contribution is 2.39. The Bertz CT molecular complexity index is 916. The molecule has 2 aliphatic rings. The Morgan fingerprint density at radius 3 is 2.53 bits per heavy atom. The molecule has 1 aromatic carbocycles. The van der Waals surface area contributed by atoms with Crippen LogP contribution in [-0.2, 0) is 19.0 Å². The molecule has 4 rings (SSSR count). The molecule has 0 saturated carbocycles. The summed E-state index contributed by atoms with van der Waals surface area (Å²) in [6.07, 6.45) is 2.43. The predicted octanol–water partition coefficient (Wildman–Crippen LogP) is 4.64. The van der Waals surface area contributed by atoms with Gasteiger partial charge in [-0.15, -0.1) is 10.2 Å². The van der Waals surface area contributed by atoms with Gasteiger partial charge in [-0.25, -0.2) is 0 Å². The Morgan fingerprint density at radius 2 is 1.83 bits per heavy atom. The van der Waals surface area contributed by atoms with Gasteiger partial charge >= 0.3 is 6.18 Å². The normalized spacial score (nSPS) is 20.5. The van der Waals surface area contributed by atoms with Crippen LogP contribution in [0.3, 0.4) is 0 Å². The largest absolute Gasteiger partial charge is 0.507 e. The third-order valence-corrected chi connectivity index (χ3v) is 6.09. The fraction of sp³-hybridized carbons (Fsp3) is 0.545. The average molecular weight is 420 g/mol.